The van der Waals surface area contributed by atoms with Crippen LogP contribution in [0.4, 0.5) is 9.52 Å². The standard InChI is InChI=1S/C30H26Cl2FN3O5S/c1-30(8-9-30)26-23(25(35-41-26)22-18(31)4-3-5-19(22)32)28(38)40-17-12-15-6-7-16(13-17)36(15)29-34-24-20(33)10-14(27(37)39-2)11-21(24)42-29/h3-5,10-11,15-17H,6-9,12-13H2,1-2H3/t15-,16+,17?. The van der Waals surface area contributed by atoms with Crippen molar-refractivity contribution in [1.82, 2.24) is 10.1 Å². The van der Waals surface area contributed by atoms with E-state index in [0.29, 0.717) is 49.7 Å². The first-order chi connectivity index (χ1) is 20.2. The van der Waals surface area contributed by atoms with E-state index >= 15 is 0 Å². The highest BCUT2D eigenvalue weighted by Crippen LogP contribution is 2.51. The zero-order valence-electron chi connectivity index (χ0n) is 22.8. The van der Waals surface area contributed by atoms with Gasteiger partial charge < -0.3 is 18.9 Å². The number of carbonyl (C=O) groups excluding carboxylic acids is 2. The summed E-state index contributed by atoms with van der Waals surface area (Å²) in [6.45, 7) is 2.04. The number of carbonyl (C=O) groups is 2. The van der Waals surface area contributed by atoms with Crippen LogP contribution in [0, 0.1) is 5.82 Å². The molecule has 2 aromatic heterocycles. The molecule has 3 fully saturated rings. The maximum atomic E-state index is 14.8. The van der Waals surface area contributed by atoms with Gasteiger partial charge in [-0.2, -0.15) is 0 Å². The first kappa shape index (κ1) is 27.6. The maximum absolute atomic E-state index is 14.8. The predicted octanol–water partition coefficient (Wildman–Crippen LogP) is 7.59. The average molecular weight is 631 g/mol. The number of rotatable bonds is 6. The molecule has 8 nitrogen and oxygen atoms in total. The number of fused-ring (bicyclic) bond motifs is 3. The fraction of sp³-hybridized carbons (Fsp3) is 0.400. The lowest BCUT2D eigenvalue weighted by Gasteiger charge is -2.38. The Morgan fingerprint density at radius 1 is 1.12 bits per heavy atom. The number of aromatic nitrogens is 2. The Bertz CT molecular complexity index is 1720. The number of anilines is 1. The minimum atomic E-state index is -0.597. The lowest BCUT2D eigenvalue weighted by Crippen LogP contribution is -2.46. The van der Waals surface area contributed by atoms with Crippen molar-refractivity contribution < 1.29 is 28.0 Å². The van der Waals surface area contributed by atoms with Gasteiger partial charge in [-0.3, -0.25) is 0 Å². The Morgan fingerprint density at radius 2 is 1.81 bits per heavy atom. The largest absolute Gasteiger partial charge is 0.465 e. The molecule has 218 valence electrons. The van der Waals surface area contributed by atoms with Crippen molar-refractivity contribution in [3.63, 3.8) is 0 Å². The third-order valence-corrected chi connectivity index (χ3v) is 10.3. The molecule has 2 saturated heterocycles. The number of nitrogens with zero attached hydrogens (tertiary/aromatic N) is 3. The number of piperidine rings is 1. The first-order valence-corrected chi connectivity index (χ1v) is 15.4. The predicted molar refractivity (Wildman–Crippen MR) is 157 cm³/mol. The van der Waals surface area contributed by atoms with Crippen molar-refractivity contribution >= 4 is 61.8 Å². The van der Waals surface area contributed by atoms with Crippen molar-refractivity contribution in [3.05, 3.63) is 63.1 Å². The Morgan fingerprint density at radius 3 is 2.45 bits per heavy atom. The van der Waals surface area contributed by atoms with Crippen LogP contribution < -0.4 is 4.90 Å². The Balaban J connectivity index is 1.15. The number of hydrogen-bond donors (Lipinski definition) is 0. The molecule has 7 rings (SSSR count). The summed E-state index contributed by atoms with van der Waals surface area (Å²) < 4.78 is 32.1. The molecule has 1 aliphatic carbocycles. The van der Waals surface area contributed by atoms with Gasteiger partial charge in [-0.15, -0.1) is 0 Å². The summed E-state index contributed by atoms with van der Waals surface area (Å²) in [5.41, 5.74) is 1.11. The molecule has 12 heteroatoms. The monoisotopic (exact) mass is 629 g/mol. The lowest BCUT2D eigenvalue weighted by atomic mass is 9.97. The van der Waals surface area contributed by atoms with Gasteiger partial charge in [-0.1, -0.05) is 52.7 Å². The van der Waals surface area contributed by atoms with E-state index in [4.69, 9.17) is 37.2 Å². The smallest absolute Gasteiger partial charge is 0.344 e. The third-order valence-electron chi connectivity index (χ3n) is 8.69. The molecule has 1 saturated carbocycles. The quantitative estimate of drug-likeness (QED) is 0.201. The molecule has 0 N–H and O–H groups in total. The molecule has 2 aromatic carbocycles. The second kappa shape index (κ2) is 10.2. The van der Waals surface area contributed by atoms with E-state index in [-0.39, 0.29) is 40.2 Å². The number of ether oxygens (including phenoxy) is 2. The van der Waals surface area contributed by atoms with Gasteiger partial charge >= 0.3 is 11.9 Å². The van der Waals surface area contributed by atoms with Gasteiger partial charge in [-0.25, -0.2) is 19.0 Å². The first-order valence-electron chi connectivity index (χ1n) is 13.8. The normalized spacial score (nSPS) is 22.4. The van der Waals surface area contributed by atoms with Gasteiger partial charge in [0.15, 0.2) is 16.7 Å². The maximum Gasteiger partial charge on any atom is 0.344 e. The lowest BCUT2D eigenvalue weighted by molar-refractivity contribution is 0.0201. The number of benzene rings is 2. The van der Waals surface area contributed by atoms with Crippen LogP contribution in [0.1, 0.15) is 71.9 Å². The van der Waals surface area contributed by atoms with Crippen LogP contribution in [0.5, 0.6) is 0 Å². The highest BCUT2D eigenvalue weighted by molar-refractivity contribution is 7.22. The zero-order chi connectivity index (χ0) is 29.3. The highest BCUT2D eigenvalue weighted by Gasteiger charge is 2.49. The second-order valence-corrected chi connectivity index (χ2v) is 13.3. The van der Waals surface area contributed by atoms with Crippen LogP contribution in [0.15, 0.2) is 34.9 Å². The summed E-state index contributed by atoms with van der Waals surface area (Å²) in [6, 6.07) is 8.04. The van der Waals surface area contributed by atoms with E-state index in [9.17, 15) is 14.0 Å². The molecule has 2 aliphatic heterocycles. The SMILES string of the molecule is COC(=O)c1cc(F)c2nc(N3[C@@H]4CC[C@H]3CC(OC(=O)c3c(-c5c(Cl)cccc5Cl)noc3C3(C)CC3)C4)sc2c1. The molecule has 0 spiro atoms. The fourth-order valence-electron chi connectivity index (χ4n) is 6.27. The van der Waals surface area contributed by atoms with E-state index in [1.807, 2.05) is 6.92 Å². The Labute approximate surface area is 254 Å². The van der Waals surface area contributed by atoms with Gasteiger partial charge in [0, 0.05) is 35.9 Å². The van der Waals surface area contributed by atoms with Gasteiger partial charge in [0.25, 0.3) is 0 Å². The summed E-state index contributed by atoms with van der Waals surface area (Å²) in [5, 5.41) is 5.69. The summed E-state index contributed by atoms with van der Waals surface area (Å²) in [4.78, 5) is 32.6. The van der Waals surface area contributed by atoms with Gasteiger partial charge in [-0.05, 0) is 49.9 Å². The van der Waals surface area contributed by atoms with Crippen molar-refractivity contribution in [1.29, 1.82) is 0 Å². The van der Waals surface area contributed by atoms with Crippen LogP contribution in [0.2, 0.25) is 10.0 Å². The number of halogens is 3. The number of thiazole rings is 1. The molecule has 2 bridgehead atoms. The highest BCUT2D eigenvalue weighted by atomic mass is 35.5. The van der Waals surface area contributed by atoms with Crippen molar-refractivity contribution in [2.24, 2.45) is 0 Å². The van der Waals surface area contributed by atoms with E-state index in [1.165, 1.54) is 18.4 Å². The van der Waals surface area contributed by atoms with Crippen LogP contribution in [-0.2, 0) is 14.9 Å². The van der Waals surface area contributed by atoms with Crippen molar-refractivity contribution in [2.75, 3.05) is 12.0 Å². The van der Waals surface area contributed by atoms with Crippen LogP contribution in [0.3, 0.4) is 0 Å². The molecular weight excluding hydrogens is 604 g/mol. The summed E-state index contributed by atoms with van der Waals surface area (Å²) >= 11 is 14.3. The topological polar surface area (TPSA) is 94.8 Å². The minimum absolute atomic E-state index is 0.0747. The molecule has 42 heavy (non-hydrogen) atoms. The second-order valence-electron chi connectivity index (χ2n) is 11.5. The van der Waals surface area contributed by atoms with E-state index in [0.717, 1.165) is 31.7 Å². The molecule has 0 amide bonds. The van der Waals surface area contributed by atoms with Crippen molar-refractivity contribution in [3.8, 4) is 11.3 Å². The molecule has 1 unspecified atom stereocenters. The zero-order valence-corrected chi connectivity index (χ0v) is 25.1. The molecule has 0 radical (unpaired) electrons. The van der Waals surface area contributed by atoms with E-state index in [2.05, 4.69) is 15.0 Å². The molecule has 3 atom stereocenters. The molecule has 4 heterocycles. The van der Waals surface area contributed by atoms with Gasteiger partial charge in [0.1, 0.15) is 22.9 Å². The molecule has 4 aromatic rings. The summed E-state index contributed by atoms with van der Waals surface area (Å²) in [6.07, 6.45) is 4.45. The van der Waals surface area contributed by atoms with Gasteiger partial charge in [0.2, 0.25) is 0 Å². The third kappa shape index (κ3) is 4.55. The average Bonchev–Trinajstić information content (AvgIpc) is 3.26. The van der Waals surface area contributed by atoms with E-state index < -0.39 is 17.8 Å². The van der Waals surface area contributed by atoms with Gasteiger partial charge in [0.05, 0.1) is 27.4 Å². The Hall–Kier alpha value is -3.21. The number of hydrogen-bond acceptors (Lipinski definition) is 9. The van der Waals surface area contributed by atoms with Crippen LogP contribution in [-0.4, -0.2) is 47.4 Å². The van der Waals surface area contributed by atoms with Crippen molar-refractivity contribution in [2.45, 2.75) is 69.1 Å². The summed E-state index contributed by atoms with van der Waals surface area (Å²) in [7, 11) is 1.26. The summed E-state index contributed by atoms with van der Waals surface area (Å²) in [5.74, 6) is -1.16. The van der Waals surface area contributed by atoms with Crippen LogP contribution >= 0.6 is 34.5 Å². The van der Waals surface area contributed by atoms with E-state index in [1.54, 1.807) is 24.3 Å². The minimum Gasteiger partial charge on any atom is -0.465 e. The van der Waals surface area contributed by atoms with Crippen LogP contribution in [0.25, 0.3) is 21.5 Å². The fourth-order valence-corrected chi connectivity index (χ4v) is 8.01. The molecular formula is C30H26Cl2FN3O5S. The number of methoxy groups -OCH3 is 1. The molecule has 3 aliphatic rings. The Kier molecular flexibility index (Phi) is 6.71. The number of esters is 2.